The van der Waals surface area contributed by atoms with Crippen molar-refractivity contribution in [1.82, 2.24) is 4.90 Å². The molecule has 0 aromatic heterocycles. The Bertz CT molecular complexity index is 437. The molecule has 0 spiro atoms. The molecule has 3 nitrogen and oxygen atoms in total. The van der Waals surface area contributed by atoms with Crippen LogP contribution in [0, 0.1) is 11.3 Å². The fourth-order valence-electron chi connectivity index (χ4n) is 2.36. The Morgan fingerprint density at radius 2 is 2.17 bits per heavy atom. The number of halogens is 1. The number of nitrogens with zero attached hydrogens (tertiary/aromatic N) is 2. The number of benzene rings is 1. The second-order valence-electron chi connectivity index (χ2n) is 4.65. The molecule has 2 rings (SSSR count). The van der Waals surface area contributed by atoms with Crippen molar-refractivity contribution in [3.8, 4) is 6.07 Å². The van der Waals surface area contributed by atoms with Gasteiger partial charge in [-0.1, -0.05) is 29.8 Å². The number of nitrogens with two attached hydrogens (primary N) is 1. The van der Waals surface area contributed by atoms with Gasteiger partial charge < -0.3 is 5.73 Å². The number of hydrogen-bond acceptors (Lipinski definition) is 3. The zero-order valence-corrected chi connectivity index (χ0v) is 11.1. The van der Waals surface area contributed by atoms with Gasteiger partial charge in [0.15, 0.2) is 0 Å². The SMILES string of the molecule is N#CCCN(C1CC1)C(CN)c1ccccc1Cl. The van der Waals surface area contributed by atoms with Crippen LogP contribution >= 0.6 is 11.6 Å². The molecule has 1 aromatic rings. The van der Waals surface area contributed by atoms with E-state index < -0.39 is 0 Å². The molecule has 2 N–H and O–H groups in total. The minimum Gasteiger partial charge on any atom is -0.329 e. The van der Waals surface area contributed by atoms with Gasteiger partial charge >= 0.3 is 0 Å². The molecule has 1 aliphatic rings. The molecule has 1 atom stereocenters. The summed E-state index contributed by atoms with van der Waals surface area (Å²) in [4.78, 5) is 2.34. The molecule has 1 saturated carbocycles. The summed E-state index contributed by atoms with van der Waals surface area (Å²) in [7, 11) is 0. The highest BCUT2D eigenvalue weighted by Crippen LogP contribution is 2.36. The van der Waals surface area contributed by atoms with Crippen LogP contribution in [0.2, 0.25) is 5.02 Å². The van der Waals surface area contributed by atoms with E-state index in [0.29, 0.717) is 19.0 Å². The van der Waals surface area contributed by atoms with E-state index in [0.717, 1.165) is 17.1 Å². The summed E-state index contributed by atoms with van der Waals surface area (Å²) >= 11 is 6.25. The normalized spacial score (nSPS) is 16.6. The Morgan fingerprint density at radius 3 is 2.72 bits per heavy atom. The van der Waals surface area contributed by atoms with E-state index >= 15 is 0 Å². The summed E-state index contributed by atoms with van der Waals surface area (Å²) in [5.74, 6) is 0. The molecule has 0 radical (unpaired) electrons. The lowest BCUT2D eigenvalue weighted by Crippen LogP contribution is -2.36. The van der Waals surface area contributed by atoms with Gasteiger partial charge in [-0.25, -0.2) is 0 Å². The molecular formula is C14H18ClN3. The molecule has 0 saturated heterocycles. The van der Waals surface area contributed by atoms with Crippen LogP contribution in [0.4, 0.5) is 0 Å². The molecule has 1 aromatic carbocycles. The smallest absolute Gasteiger partial charge is 0.0635 e. The number of rotatable bonds is 6. The van der Waals surface area contributed by atoms with E-state index in [2.05, 4.69) is 11.0 Å². The van der Waals surface area contributed by atoms with Gasteiger partial charge in [0.05, 0.1) is 6.07 Å². The Labute approximate surface area is 113 Å². The van der Waals surface area contributed by atoms with Crippen LogP contribution in [0.5, 0.6) is 0 Å². The molecular weight excluding hydrogens is 246 g/mol. The molecule has 0 amide bonds. The highest BCUT2D eigenvalue weighted by molar-refractivity contribution is 6.31. The summed E-state index contributed by atoms with van der Waals surface area (Å²) in [5, 5.41) is 9.52. The standard InChI is InChI=1S/C14H18ClN3/c15-13-5-2-1-4-12(13)14(10-17)18(9-3-8-16)11-6-7-11/h1-2,4-5,11,14H,3,6-7,9-10,17H2. The van der Waals surface area contributed by atoms with Crippen molar-refractivity contribution in [2.24, 2.45) is 5.73 Å². The molecule has 0 aliphatic heterocycles. The summed E-state index contributed by atoms with van der Waals surface area (Å²) < 4.78 is 0. The van der Waals surface area contributed by atoms with Crippen LogP contribution in [-0.2, 0) is 0 Å². The predicted molar refractivity (Wildman–Crippen MR) is 73.2 cm³/mol. The highest BCUT2D eigenvalue weighted by Gasteiger charge is 2.34. The van der Waals surface area contributed by atoms with Crippen molar-refractivity contribution >= 4 is 11.6 Å². The second-order valence-corrected chi connectivity index (χ2v) is 5.06. The van der Waals surface area contributed by atoms with Crippen molar-refractivity contribution in [3.05, 3.63) is 34.9 Å². The number of nitriles is 1. The highest BCUT2D eigenvalue weighted by atomic mass is 35.5. The Morgan fingerprint density at radius 1 is 1.44 bits per heavy atom. The topological polar surface area (TPSA) is 53.0 Å². The van der Waals surface area contributed by atoms with Crippen molar-refractivity contribution < 1.29 is 0 Å². The third kappa shape index (κ3) is 3.02. The number of hydrogen-bond donors (Lipinski definition) is 1. The van der Waals surface area contributed by atoms with E-state index in [1.54, 1.807) is 0 Å². The molecule has 1 fully saturated rings. The van der Waals surface area contributed by atoms with Gasteiger partial charge in [0.1, 0.15) is 0 Å². The van der Waals surface area contributed by atoms with Crippen LogP contribution < -0.4 is 5.73 Å². The molecule has 0 bridgehead atoms. The van der Waals surface area contributed by atoms with Crippen molar-refractivity contribution in [1.29, 1.82) is 5.26 Å². The van der Waals surface area contributed by atoms with Crippen molar-refractivity contribution in [2.45, 2.75) is 31.3 Å². The molecule has 4 heteroatoms. The maximum absolute atomic E-state index is 8.76. The van der Waals surface area contributed by atoms with Crippen LogP contribution in [0.25, 0.3) is 0 Å². The summed E-state index contributed by atoms with van der Waals surface area (Å²) in [6.07, 6.45) is 2.94. The van der Waals surface area contributed by atoms with Gasteiger partial charge in [0, 0.05) is 36.6 Å². The second kappa shape index (κ2) is 6.19. The van der Waals surface area contributed by atoms with Gasteiger partial charge in [-0.05, 0) is 24.5 Å². The van der Waals surface area contributed by atoms with Gasteiger partial charge in [-0.2, -0.15) is 5.26 Å². The summed E-state index contributed by atoms with van der Waals surface area (Å²) in [6.45, 7) is 1.31. The van der Waals surface area contributed by atoms with Crippen molar-refractivity contribution in [2.75, 3.05) is 13.1 Å². The average Bonchev–Trinajstić information content (AvgIpc) is 3.20. The monoisotopic (exact) mass is 263 g/mol. The molecule has 18 heavy (non-hydrogen) atoms. The largest absolute Gasteiger partial charge is 0.329 e. The zero-order valence-electron chi connectivity index (χ0n) is 10.3. The average molecular weight is 264 g/mol. The Hall–Kier alpha value is -1.08. The first-order valence-corrected chi connectivity index (χ1v) is 6.73. The Kier molecular flexibility index (Phi) is 4.60. The van der Waals surface area contributed by atoms with Gasteiger partial charge in [0.25, 0.3) is 0 Å². The minimum atomic E-state index is 0.125. The van der Waals surface area contributed by atoms with E-state index in [1.807, 2.05) is 24.3 Å². The lowest BCUT2D eigenvalue weighted by atomic mass is 10.0. The van der Waals surface area contributed by atoms with E-state index in [4.69, 9.17) is 22.6 Å². The van der Waals surface area contributed by atoms with E-state index in [1.165, 1.54) is 12.8 Å². The lowest BCUT2D eigenvalue weighted by Gasteiger charge is -2.31. The molecule has 0 heterocycles. The predicted octanol–water partition coefficient (Wildman–Crippen LogP) is 2.72. The fraction of sp³-hybridized carbons (Fsp3) is 0.500. The van der Waals surface area contributed by atoms with E-state index in [-0.39, 0.29) is 6.04 Å². The Balaban J connectivity index is 2.20. The van der Waals surface area contributed by atoms with Crippen LogP contribution in [0.1, 0.15) is 30.9 Å². The summed E-state index contributed by atoms with van der Waals surface area (Å²) in [6, 6.07) is 10.7. The van der Waals surface area contributed by atoms with Crippen LogP contribution in [0.15, 0.2) is 24.3 Å². The lowest BCUT2D eigenvalue weighted by molar-refractivity contribution is 0.195. The minimum absolute atomic E-state index is 0.125. The maximum atomic E-state index is 8.76. The van der Waals surface area contributed by atoms with E-state index in [9.17, 15) is 0 Å². The first-order valence-electron chi connectivity index (χ1n) is 6.35. The quantitative estimate of drug-likeness (QED) is 0.859. The van der Waals surface area contributed by atoms with Gasteiger partial charge in [-0.15, -0.1) is 0 Å². The van der Waals surface area contributed by atoms with Gasteiger partial charge in [-0.3, -0.25) is 4.90 Å². The molecule has 1 aliphatic carbocycles. The molecule has 1 unspecified atom stereocenters. The first kappa shape index (κ1) is 13.4. The zero-order chi connectivity index (χ0) is 13.0. The van der Waals surface area contributed by atoms with Crippen LogP contribution in [-0.4, -0.2) is 24.0 Å². The third-order valence-electron chi connectivity index (χ3n) is 3.39. The third-order valence-corrected chi connectivity index (χ3v) is 3.73. The van der Waals surface area contributed by atoms with Crippen molar-refractivity contribution in [3.63, 3.8) is 0 Å². The van der Waals surface area contributed by atoms with Gasteiger partial charge in [0.2, 0.25) is 0 Å². The maximum Gasteiger partial charge on any atom is 0.0635 e. The van der Waals surface area contributed by atoms with Crippen LogP contribution in [0.3, 0.4) is 0 Å². The molecule has 96 valence electrons. The fourth-order valence-corrected chi connectivity index (χ4v) is 2.63. The first-order chi connectivity index (χ1) is 8.77. The summed E-state index contributed by atoms with van der Waals surface area (Å²) in [5.41, 5.74) is 7.00.